The Hall–Kier alpha value is -2.34. The van der Waals surface area contributed by atoms with Crippen molar-refractivity contribution in [2.45, 2.75) is 13.0 Å². The molecule has 0 radical (unpaired) electrons. The highest BCUT2D eigenvalue weighted by atomic mass is 79.9. The average Bonchev–Trinajstić information content (AvgIpc) is 2.56. The maximum atomic E-state index is 12.3. The smallest absolute Gasteiger partial charge is 0.265 e. The van der Waals surface area contributed by atoms with E-state index in [-0.39, 0.29) is 11.8 Å². The molecule has 0 aromatic heterocycles. The van der Waals surface area contributed by atoms with Crippen molar-refractivity contribution >= 4 is 33.4 Å². The Kier molecular flexibility index (Phi) is 5.98. The number of hydrogen-bond donors (Lipinski definition) is 1. The molecule has 24 heavy (non-hydrogen) atoms. The third-order valence-corrected chi connectivity index (χ3v) is 3.81. The van der Waals surface area contributed by atoms with E-state index >= 15 is 0 Å². The highest BCUT2D eigenvalue weighted by Crippen LogP contribution is 2.18. The number of rotatable bonds is 5. The highest BCUT2D eigenvalue weighted by molar-refractivity contribution is 9.10. The van der Waals surface area contributed by atoms with Gasteiger partial charge in [-0.1, -0.05) is 22.0 Å². The minimum absolute atomic E-state index is 0.120. The first-order valence-electron chi connectivity index (χ1n) is 7.41. The predicted octanol–water partition coefficient (Wildman–Crippen LogP) is 3.56. The first-order chi connectivity index (χ1) is 11.4. The van der Waals surface area contributed by atoms with Gasteiger partial charge in [-0.15, -0.1) is 0 Å². The number of carbonyl (C=O) groups is 2. The number of hydrogen-bond acceptors (Lipinski definition) is 3. The average molecular weight is 391 g/mol. The normalized spacial score (nSPS) is 11.5. The Balaban J connectivity index is 2.02. The van der Waals surface area contributed by atoms with Crippen molar-refractivity contribution in [3.05, 3.63) is 58.6 Å². The molecule has 2 aromatic rings. The van der Waals surface area contributed by atoms with Gasteiger partial charge in [0.15, 0.2) is 6.10 Å². The summed E-state index contributed by atoms with van der Waals surface area (Å²) in [6, 6.07) is 14.1. The van der Waals surface area contributed by atoms with Gasteiger partial charge in [-0.25, -0.2) is 0 Å². The standard InChI is InChI=1S/C18H19BrN2O3/c1-12(24-16-9-7-14(19)8-10-16)17(22)20-15-6-4-5-13(11-15)18(23)21(2)3/h4-12H,1-3H3,(H,20,22)/t12-/m1/s1. The van der Waals surface area contributed by atoms with Crippen LogP contribution in [0.25, 0.3) is 0 Å². The van der Waals surface area contributed by atoms with Gasteiger partial charge in [0.2, 0.25) is 0 Å². The van der Waals surface area contributed by atoms with Crippen molar-refractivity contribution in [3.63, 3.8) is 0 Å². The first kappa shape index (κ1) is 18.0. The second-order valence-electron chi connectivity index (χ2n) is 5.48. The van der Waals surface area contributed by atoms with E-state index in [4.69, 9.17) is 4.74 Å². The van der Waals surface area contributed by atoms with Gasteiger partial charge in [0.1, 0.15) is 5.75 Å². The number of nitrogens with one attached hydrogen (secondary N) is 1. The van der Waals surface area contributed by atoms with Crippen LogP contribution in [-0.2, 0) is 4.79 Å². The fraction of sp³-hybridized carbons (Fsp3) is 0.222. The molecule has 1 atom stereocenters. The summed E-state index contributed by atoms with van der Waals surface area (Å²) in [5.41, 5.74) is 1.07. The second kappa shape index (κ2) is 7.97. The zero-order valence-corrected chi connectivity index (χ0v) is 15.3. The van der Waals surface area contributed by atoms with E-state index in [0.29, 0.717) is 17.0 Å². The molecular weight excluding hydrogens is 372 g/mol. The Morgan fingerprint density at radius 1 is 1.12 bits per heavy atom. The quantitative estimate of drug-likeness (QED) is 0.848. The number of anilines is 1. The third-order valence-electron chi connectivity index (χ3n) is 3.28. The first-order valence-corrected chi connectivity index (χ1v) is 8.21. The van der Waals surface area contributed by atoms with Crippen LogP contribution in [0.3, 0.4) is 0 Å². The molecule has 0 saturated heterocycles. The lowest BCUT2D eigenvalue weighted by molar-refractivity contribution is -0.122. The number of benzene rings is 2. The Morgan fingerprint density at radius 2 is 1.79 bits per heavy atom. The van der Waals surface area contributed by atoms with Crippen molar-refractivity contribution in [1.29, 1.82) is 0 Å². The molecule has 0 heterocycles. The van der Waals surface area contributed by atoms with E-state index in [1.54, 1.807) is 57.4 Å². The van der Waals surface area contributed by atoms with Crippen molar-refractivity contribution in [1.82, 2.24) is 4.90 Å². The van der Waals surface area contributed by atoms with Crippen LogP contribution >= 0.6 is 15.9 Å². The van der Waals surface area contributed by atoms with Crippen molar-refractivity contribution in [2.24, 2.45) is 0 Å². The lowest BCUT2D eigenvalue weighted by Gasteiger charge is -2.16. The molecule has 0 fully saturated rings. The van der Waals surface area contributed by atoms with E-state index in [0.717, 1.165) is 4.47 Å². The maximum absolute atomic E-state index is 12.3. The minimum atomic E-state index is -0.667. The largest absolute Gasteiger partial charge is 0.481 e. The topological polar surface area (TPSA) is 58.6 Å². The van der Waals surface area contributed by atoms with Crippen LogP contribution in [0.15, 0.2) is 53.0 Å². The van der Waals surface area contributed by atoms with Crippen molar-refractivity contribution < 1.29 is 14.3 Å². The van der Waals surface area contributed by atoms with E-state index < -0.39 is 6.10 Å². The fourth-order valence-corrected chi connectivity index (χ4v) is 2.27. The van der Waals surface area contributed by atoms with Crippen LogP contribution < -0.4 is 10.1 Å². The number of amides is 2. The molecule has 1 N–H and O–H groups in total. The Morgan fingerprint density at radius 3 is 2.42 bits per heavy atom. The molecule has 2 rings (SSSR count). The van der Waals surface area contributed by atoms with Gasteiger partial charge in [0.25, 0.3) is 11.8 Å². The molecule has 6 heteroatoms. The molecule has 0 saturated carbocycles. The van der Waals surface area contributed by atoms with E-state index in [2.05, 4.69) is 21.2 Å². The van der Waals surface area contributed by atoms with Gasteiger partial charge in [0.05, 0.1) is 0 Å². The molecular formula is C18H19BrN2O3. The number of carbonyl (C=O) groups excluding carboxylic acids is 2. The molecule has 0 aliphatic rings. The summed E-state index contributed by atoms with van der Waals surface area (Å²) in [4.78, 5) is 25.7. The van der Waals surface area contributed by atoms with Crippen LogP contribution in [0.1, 0.15) is 17.3 Å². The Labute approximate surface area is 149 Å². The summed E-state index contributed by atoms with van der Waals surface area (Å²) in [6.07, 6.45) is -0.667. The molecule has 0 aliphatic carbocycles. The van der Waals surface area contributed by atoms with Crippen molar-refractivity contribution in [2.75, 3.05) is 19.4 Å². The molecule has 0 bridgehead atoms. The molecule has 2 amide bonds. The molecule has 0 spiro atoms. The van der Waals surface area contributed by atoms with E-state index in [1.807, 2.05) is 12.1 Å². The van der Waals surface area contributed by atoms with E-state index in [1.165, 1.54) is 4.90 Å². The summed E-state index contributed by atoms with van der Waals surface area (Å²) in [5, 5.41) is 2.76. The van der Waals surface area contributed by atoms with Gasteiger partial charge >= 0.3 is 0 Å². The van der Waals surface area contributed by atoms with E-state index in [9.17, 15) is 9.59 Å². The minimum Gasteiger partial charge on any atom is -0.481 e. The molecule has 0 unspecified atom stereocenters. The predicted molar refractivity (Wildman–Crippen MR) is 97.3 cm³/mol. The van der Waals surface area contributed by atoms with Gasteiger partial charge in [-0.2, -0.15) is 0 Å². The lowest BCUT2D eigenvalue weighted by Crippen LogP contribution is -2.30. The second-order valence-corrected chi connectivity index (χ2v) is 6.40. The van der Waals surface area contributed by atoms with Gasteiger partial charge in [-0.3, -0.25) is 9.59 Å². The zero-order valence-electron chi connectivity index (χ0n) is 13.7. The zero-order chi connectivity index (χ0) is 17.7. The van der Waals surface area contributed by atoms with Crippen LogP contribution in [-0.4, -0.2) is 36.9 Å². The molecule has 5 nitrogen and oxygen atoms in total. The third kappa shape index (κ3) is 4.83. The number of ether oxygens (including phenoxy) is 1. The Bertz CT molecular complexity index is 729. The van der Waals surface area contributed by atoms with Gasteiger partial charge < -0.3 is 15.0 Å². The summed E-state index contributed by atoms with van der Waals surface area (Å²) in [7, 11) is 3.36. The summed E-state index contributed by atoms with van der Waals surface area (Å²) >= 11 is 3.35. The van der Waals surface area contributed by atoms with Crippen LogP contribution in [0, 0.1) is 0 Å². The fourth-order valence-electron chi connectivity index (χ4n) is 2.00. The lowest BCUT2D eigenvalue weighted by atomic mass is 10.1. The summed E-state index contributed by atoms with van der Waals surface area (Å²) < 4.78 is 6.55. The SMILES string of the molecule is C[C@@H](Oc1ccc(Br)cc1)C(=O)Nc1cccc(C(=O)N(C)C)c1. The molecule has 2 aromatic carbocycles. The van der Waals surface area contributed by atoms with Gasteiger partial charge in [0, 0.05) is 29.8 Å². The summed E-state index contributed by atoms with van der Waals surface area (Å²) in [5.74, 6) is 0.204. The highest BCUT2D eigenvalue weighted by Gasteiger charge is 2.16. The number of nitrogens with zero attached hydrogens (tertiary/aromatic N) is 1. The monoisotopic (exact) mass is 390 g/mol. The van der Waals surface area contributed by atoms with Crippen LogP contribution in [0.4, 0.5) is 5.69 Å². The number of halogens is 1. The summed E-state index contributed by atoms with van der Waals surface area (Å²) in [6.45, 7) is 1.67. The van der Waals surface area contributed by atoms with Crippen molar-refractivity contribution in [3.8, 4) is 5.75 Å². The van der Waals surface area contributed by atoms with Crippen LogP contribution in [0.5, 0.6) is 5.75 Å². The molecule has 0 aliphatic heterocycles. The van der Waals surface area contributed by atoms with Crippen LogP contribution in [0.2, 0.25) is 0 Å². The van der Waals surface area contributed by atoms with Gasteiger partial charge in [-0.05, 0) is 49.4 Å². The molecule has 126 valence electrons. The maximum Gasteiger partial charge on any atom is 0.265 e.